The van der Waals surface area contributed by atoms with Gasteiger partial charge in [0.1, 0.15) is 4.88 Å². The Bertz CT molecular complexity index is 755. The van der Waals surface area contributed by atoms with E-state index in [1.54, 1.807) is 6.92 Å². The van der Waals surface area contributed by atoms with Gasteiger partial charge in [-0.1, -0.05) is 24.7 Å². The van der Waals surface area contributed by atoms with Crippen LogP contribution in [0.2, 0.25) is 0 Å². The van der Waals surface area contributed by atoms with Crippen molar-refractivity contribution in [2.75, 3.05) is 0 Å². The van der Waals surface area contributed by atoms with Crippen LogP contribution in [0.3, 0.4) is 0 Å². The van der Waals surface area contributed by atoms with Crippen molar-refractivity contribution in [2.24, 2.45) is 0 Å². The minimum Gasteiger partial charge on any atom is -0.349 e. The average molecular weight is 336 g/mol. The zero-order chi connectivity index (χ0) is 17.1. The normalized spacial score (nSPS) is 11.2. The number of nitrogens with one attached hydrogen (secondary N) is 2. The molecule has 2 heterocycles. The number of unbranched alkanes of at least 4 members (excludes halogenated alkanes) is 1. The molecule has 0 spiro atoms. The van der Waals surface area contributed by atoms with Crippen molar-refractivity contribution in [3.63, 3.8) is 0 Å². The van der Waals surface area contributed by atoms with Gasteiger partial charge >= 0.3 is 0 Å². The van der Waals surface area contributed by atoms with Gasteiger partial charge in [0.2, 0.25) is 5.13 Å². The van der Waals surface area contributed by atoms with Crippen LogP contribution in [0.5, 0.6) is 0 Å². The Kier molecular flexibility index (Phi) is 5.41. The standard InChI is InChI=1S/C16H24N4O2S/c1-6-7-8-12-10(4)19-20(15(12)22)16-18-11(5)13(23-16)14(21)17-9(2)3/h9,19H,6-8H2,1-5H3,(H,17,21). The van der Waals surface area contributed by atoms with Gasteiger partial charge < -0.3 is 5.32 Å². The molecule has 0 radical (unpaired) electrons. The molecule has 2 aromatic rings. The lowest BCUT2D eigenvalue weighted by atomic mass is 10.1. The monoisotopic (exact) mass is 336 g/mol. The SMILES string of the molecule is CCCCc1c(C)[nH]n(-c2nc(C)c(C(=O)NC(C)C)s2)c1=O. The van der Waals surface area contributed by atoms with E-state index in [-0.39, 0.29) is 17.5 Å². The third kappa shape index (κ3) is 3.72. The van der Waals surface area contributed by atoms with Gasteiger partial charge in [-0.25, -0.2) is 4.98 Å². The van der Waals surface area contributed by atoms with Crippen LogP contribution in [0.25, 0.3) is 5.13 Å². The first-order valence-electron chi connectivity index (χ1n) is 7.94. The molecule has 0 aromatic carbocycles. The summed E-state index contributed by atoms with van der Waals surface area (Å²) in [6, 6.07) is 0.0588. The lowest BCUT2D eigenvalue weighted by Gasteiger charge is -2.06. The summed E-state index contributed by atoms with van der Waals surface area (Å²) < 4.78 is 1.45. The maximum absolute atomic E-state index is 12.6. The van der Waals surface area contributed by atoms with Gasteiger partial charge in [0.15, 0.2) is 0 Å². The molecule has 0 aliphatic heterocycles. The quantitative estimate of drug-likeness (QED) is 0.851. The second-order valence-corrected chi connectivity index (χ2v) is 6.98. The fourth-order valence-corrected chi connectivity index (χ4v) is 3.31. The van der Waals surface area contributed by atoms with Crippen molar-refractivity contribution in [1.82, 2.24) is 20.1 Å². The van der Waals surface area contributed by atoms with Crippen LogP contribution in [0, 0.1) is 13.8 Å². The van der Waals surface area contributed by atoms with Gasteiger partial charge in [0, 0.05) is 17.3 Å². The third-order valence-electron chi connectivity index (χ3n) is 3.58. The average Bonchev–Trinajstić information content (AvgIpc) is 2.97. The van der Waals surface area contributed by atoms with Gasteiger partial charge in [0.25, 0.3) is 11.5 Å². The van der Waals surface area contributed by atoms with E-state index in [4.69, 9.17) is 0 Å². The smallest absolute Gasteiger partial charge is 0.276 e. The molecule has 0 atom stereocenters. The largest absolute Gasteiger partial charge is 0.349 e. The summed E-state index contributed by atoms with van der Waals surface area (Å²) in [4.78, 5) is 29.7. The van der Waals surface area contributed by atoms with Crippen molar-refractivity contribution in [3.05, 3.63) is 32.2 Å². The predicted octanol–water partition coefficient (Wildman–Crippen LogP) is 2.72. The molecule has 1 amide bonds. The summed E-state index contributed by atoms with van der Waals surface area (Å²) in [5, 5.41) is 6.44. The molecule has 0 unspecified atom stereocenters. The number of H-pyrrole nitrogens is 1. The number of amides is 1. The van der Waals surface area contributed by atoms with Crippen molar-refractivity contribution in [3.8, 4) is 5.13 Å². The second kappa shape index (κ2) is 7.12. The second-order valence-electron chi connectivity index (χ2n) is 6.00. The van der Waals surface area contributed by atoms with Crippen molar-refractivity contribution in [1.29, 1.82) is 0 Å². The van der Waals surface area contributed by atoms with Crippen molar-refractivity contribution >= 4 is 17.2 Å². The summed E-state index contributed by atoms with van der Waals surface area (Å²) in [5.74, 6) is -0.149. The van der Waals surface area contributed by atoms with Crippen LogP contribution >= 0.6 is 11.3 Å². The number of carbonyl (C=O) groups is 1. The lowest BCUT2D eigenvalue weighted by Crippen LogP contribution is -2.29. The molecule has 2 N–H and O–H groups in total. The Hall–Kier alpha value is -1.89. The first kappa shape index (κ1) is 17.5. The number of nitrogens with zero attached hydrogens (tertiary/aromatic N) is 2. The Morgan fingerprint density at radius 2 is 2.09 bits per heavy atom. The first-order valence-corrected chi connectivity index (χ1v) is 8.76. The highest BCUT2D eigenvalue weighted by atomic mass is 32.1. The molecule has 126 valence electrons. The fraction of sp³-hybridized carbons (Fsp3) is 0.562. The summed E-state index contributed by atoms with van der Waals surface area (Å²) in [6.45, 7) is 9.61. The highest BCUT2D eigenvalue weighted by Gasteiger charge is 2.19. The van der Waals surface area contributed by atoms with E-state index in [2.05, 4.69) is 22.3 Å². The van der Waals surface area contributed by atoms with E-state index < -0.39 is 0 Å². The van der Waals surface area contributed by atoms with Gasteiger partial charge in [0.05, 0.1) is 5.69 Å². The molecule has 0 aliphatic rings. The van der Waals surface area contributed by atoms with Crippen molar-refractivity contribution in [2.45, 2.75) is 59.9 Å². The van der Waals surface area contributed by atoms with Gasteiger partial charge in [-0.15, -0.1) is 0 Å². The number of hydrogen-bond donors (Lipinski definition) is 2. The van der Waals surface area contributed by atoms with Gasteiger partial charge in [-0.05, 0) is 40.5 Å². The van der Waals surface area contributed by atoms with Crippen LogP contribution in [-0.4, -0.2) is 26.7 Å². The van der Waals surface area contributed by atoms with Crippen LogP contribution in [0.1, 0.15) is 60.2 Å². The van der Waals surface area contributed by atoms with E-state index in [0.29, 0.717) is 15.7 Å². The number of hydrogen-bond acceptors (Lipinski definition) is 4. The van der Waals surface area contributed by atoms with Crippen LogP contribution in [0.4, 0.5) is 0 Å². The summed E-state index contributed by atoms with van der Waals surface area (Å²) in [6.07, 6.45) is 2.78. The minimum absolute atomic E-state index is 0.0588. The summed E-state index contributed by atoms with van der Waals surface area (Å²) in [7, 11) is 0. The number of aryl methyl sites for hydroxylation is 2. The topological polar surface area (TPSA) is 79.8 Å². The number of rotatable bonds is 6. The maximum Gasteiger partial charge on any atom is 0.276 e. The van der Waals surface area contributed by atoms with E-state index in [9.17, 15) is 9.59 Å². The molecule has 23 heavy (non-hydrogen) atoms. The molecule has 7 heteroatoms. The highest BCUT2D eigenvalue weighted by molar-refractivity contribution is 7.16. The molecule has 0 saturated heterocycles. The summed E-state index contributed by atoms with van der Waals surface area (Å²) >= 11 is 1.23. The van der Waals surface area contributed by atoms with Crippen LogP contribution in [0.15, 0.2) is 4.79 Å². The number of thiazole rings is 1. The third-order valence-corrected chi connectivity index (χ3v) is 4.72. The molecular formula is C16H24N4O2S. The van der Waals surface area contributed by atoms with Gasteiger partial charge in [-0.3, -0.25) is 14.7 Å². The van der Waals surface area contributed by atoms with E-state index in [1.165, 1.54) is 16.0 Å². The zero-order valence-corrected chi connectivity index (χ0v) is 15.1. The van der Waals surface area contributed by atoms with E-state index >= 15 is 0 Å². The lowest BCUT2D eigenvalue weighted by molar-refractivity contribution is 0.0946. The van der Waals surface area contributed by atoms with E-state index in [0.717, 1.165) is 30.5 Å². The minimum atomic E-state index is -0.149. The molecule has 0 aliphatic carbocycles. The molecular weight excluding hydrogens is 312 g/mol. The molecule has 0 bridgehead atoms. The molecule has 6 nitrogen and oxygen atoms in total. The Morgan fingerprint density at radius 1 is 1.39 bits per heavy atom. The molecule has 2 aromatic heterocycles. The fourth-order valence-electron chi connectivity index (χ4n) is 2.38. The Balaban J connectivity index is 2.37. The maximum atomic E-state index is 12.6. The number of aromatic nitrogens is 3. The van der Waals surface area contributed by atoms with Gasteiger partial charge in [-0.2, -0.15) is 4.68 Å². The molecule has 0 fully saturated rings. The Morgan fingerprint density at radius 3 is 2.70 bits per heavy atom. The van der Waals surface area contributed by atoms with Crippen LogP contribution in [-0.2, 0) is 6.42 Å². The predicted molar refractivity (Wildman–Crippen MR) is 92.7 cm³/mol. The summed E-state index contributed by atoms with van der Waals surface area (Å²) in [5.41, 5.74) is 2.23. The Labute approximate surface area is 139 Å². The molecule has 0 saturated carbocycles. The van der Waals surface area contributed by atoms with Crippen LogP contribution < -0.4 is 10.9 Å². The molecule has 2 rings (SSSR count). The first-order chi connectivity index (χ1) is 10.8. The highest BCUT2D eigenvalue weighted by Crippen LogP contribution is 2.21. The van der Waals surface area contributed by atoms with Crippen molar-refractivity contribution < 1.29 is 4.79 Å². The zero-order valence-electron chi connectivity index (χ0n) is 14.3. The number of carbonyl (C=O) groups excluding carboxylic acids is 1. The number of aromatic amines is 1. The van der Waals surface area contributed by atoms with E-state index in [1.807, 2.05) is 20.8 Å².